The van der Waals surface area contributed by atoms with Crippen molar-refractivity contribution in [2.45, 2.75) is 90.1 Å². The molecule has 2 aromatic rings. The standard InChI is InChI=1S/C37H50ClN3O6S/c1-5-40(6-2)35(42)22-37(44)18-9-10-25(3)26(4)48(45,46)39-36(43)28-14-17-34-33(21-28)41(23-29-13-16-32(29)37)19-8-7-11-27-20-31(38)15-12-30(27)24-47-34/h9,12,14-15,17-18,20-21,25-26,29,32,44H,5-8,10-11,13,16,19,22-24H2,1-4H3,(H,39,43)/b18-9+/t25-,26+,29-,32+,37-/m0/s1. The van der Waals surface area contributed by atoms with Crippen molar-refractivity contribution < 1.29 is 27.9 Å². The van der Waals surface area contributed by atoms with E-state index in [1.807, 2.05) is 45.0 Å². The van der Waals surface area contributed by atoms with Gasteiger partial charge >= 0.3 is 0 Å². The van der Waals surface area contributed by atoms with Gasteiger partial charge in [0.1, 0.15) is 12.4 Å². The summed E-state index contributed by atoms with van der Waals surface area (Å²) < 4.78 is 35.5. The van der Waals surface area contributed by atoms with Crippen molar-refractivity contribution in [1.82, 2.24) is 9.62 Å². The fourth-order valence-corrected chi connectivity index (χ4v) is 8.80. The summed E-state index contributed by atoms with van der Waals surface area (Å²) in [6.07, 6.45) is 8.17. The molecular formula is C37H50ClN3O6S. The second-order valence-corrected chi connectivity index (χ2v) is 16.2. The predicted octanol–water partition coefficient (Wildman–Crippen LogP) is 6.12. The molecule has 0 unspecified atom stereocenters. The number of hydrogen-bond acceptors (Lipinski definition) is 7. The largest absolute Gasteiger partial charge is 0.487 e. The van der Waals surface area contributed by atoms with Crippen LogP contribution in [0.2, 0.25) is 5.02 Å². The molecule has 11 heteroatoms. The number of carbonyl (C=O) groups excluding carboxylic acids is 2. The summed E-state index contributed by atoms with van der Waals surface area (Å²) in [4.78, 5) is 30.8. The minimum absolute atomic E-state index is 0.0324. The summed E-state index contributed by atoms with van der Waals surface area (Å²) in [6, 6.07) is 10.9. The maximum atomic E-state index is 13.5. The molecule has 2 bridgehead atoms. The normalized spacial score (nSPS) is 28.3. The predicted molar refractivity (Wildman–Crippen MR) is 190 cm³/mol. The first-order valence-electron chi connectivity index (χ1n) is 17.4. The number of benzene rings is 2. The van der Waals surface area contributed by atoms with Gasteiger partial charge in [-0.15, -0.1) is 0 Å². The van der Waals surface area contributed by atoms with Crippen LogP contribution < -0.4 is 14.4 Å². The zero-order valence-electron chi connectivity index (χ0n) is 28.6. The lowest BCUT2D eigenvalue weighted by molar-refractivity contribution is -0.139. The van der Waals surface area contributed by atoms with Crippen molar-refractivity contribution in [1.29, 1.82) is 0 Å². The van der Waals surface area contributed by atoms with Crippen LogP contribution in [0, 0.1) is 17.8 Å². The number of ether oxygens (including phenoxy) is 1. The molecule has 0 saturated heterocycles. The molecule has 0 spiro atoms. The number of amides is 2. The zero-order valence-corrected chi connectivity index (χ0v) is 30.2. The number of hydrogen-bond donors (Lipinski definition) is 2. The third-order valence-corrected chi connectivity index (χ3v) is 12.9. The van der Waals surface area contributed by atoms with E-state index in [0.29, 0.717) is 55.7 Å². The van der Waals surface area contributed by atoms with Gasteiger partial charge in [0.05, 0.1) is 23.0 Å². The van der Waals surface area contributed by atoms with Gasteiger partial charge in [-0.25, -0.2) is 13.1 Å². The van der Waals surface area contributed by atoms with E-state index < -0.39 is 26.8 Å². The molecular weight excluding hydrogens is 650 g/mol. The summed E-state index contributed by atoms with van der Waals surface area (Å²) in [6.45, 7) is 9.96. The van der Waals surface area contributed by atoms with E-state index in [9.17, 15) is 23.1 Å². The molecule has 5 atom stereocenters. The minimum Gasteiger partial charge on any atom is -0.487 e. The number of carbonyl (C=O) groups is 2. The second-order valence-electron chi connectivity index (χ2n) is 13.8. The Bertz CT molecular complexity index is 1630. The number of allylic oxidation sites excluding steroid dienone is 1. The van der Waals surface area contributed by atoms with Crippen molar-refractivity contribution >= 4 is 39.1 Å². The topological polar surface area (TPSA) is 116 Å². The fraction of sp³-hybridized carbons (Fsp3) is 0.568. The number of nitrogens with one attached hydrogen (secondary N) is 1. The van der Waals surface area contributed by atoms with Crippen molar-refractivity contribution in [3.05, 3.63) is 70.3 Å². The Hall–Kier alpha value is -3.08. The molecule has 2 aromatic carbocycles. The third kappa shape index (κ3) is 8.03. The summed E-state index contributed by atoms with van der Waals surface area (Å²) in [5, 5.41) is 12.1. The van der Waals surface area contributed by atoms with Crippen LogP contribution in [-0.4, -0.2) is 67.3 Å². The van der Waals surface area contributed by atoms with Crippen molar-refractivity contribution in [2.75, 3.05) is 31.1 Å². The van der Waals surface area contributed by atoms with Gasteiger partial charge in [-0.1, -0.05) is 36.7 Å². The van der Waals surface area contributed by atoms with Crippen LogP contribution in [0.5, 0.6) is 5.75 Å². The summed E-state index contributed by atoms with van der Waals surface area (Å²) in [5.74, 6) is -0.633. The molecule has 48 heavy (non-hydrogen) atoms. The van der Waals surface area contributed by atoms with E-state index >= 15 is 0 Å². The first kappa shape index (κ1) is 36.2. The average molecular weight is 700 g/mol. The molecule has 262 valence electrons. The van der Waals surface area contributed by atoms with Gasteiger partial charge in [-0.2, -0.15) is 0 Å². The first-order valence-corrected chi connectivity index (χ1v) is 19.3. The van der Waals surface area contributed by atoms with Crippen molar-refractivity contribution in [3.8, 4) is 5.75 Å². The highest BCUT2D eigenvalue weighted by molar-refractivity contribution is 7.90. The van der Waals surface area contributed by atoms with Crippen LogP contribution in [0.25, 0.3) is 0 Å². The lowest BCUT2D eigenvalue weighted by Gasteiger charge is -2.48. The van der Waals surface area contributed by atoms with Crippen LogP contribution in [0.4, 0.5) is 5.69 Å². The van der Waals surface area contributed by atoms with Gasteiger partial charge in [0, 0.05) is 36.8 Å². The molecule has 2 heterocycles. The molecule has 0 aromatic heterocycles. The fourth-order valence-electron chi connectivity index (χ4n) is 7.32. The molecule has 0 radical (unpaired) electrons. The lowest BCUT2D eigenvalue weighted by Crippen LogP contribution is -2.52. The average Bonchev–Trinajstić information content (AvgIpc) is 3.05. The second kappa shape index (κ2) is 15.2. The molecule has 1 fully saturated rings. The van der Waals surface area contributed by atoms with Crippen LogP contribution in [0.1, 0.15) is 87.7 Å². The Morgan fingerprint density at radius 2 is 1.88 bits per heavy atom. The van der Waals surface area contributed by atoms with E-state index in [-0.39, 0.29) is 35.6 Å². The van der Waals surface area contributed by atoms with Gasteiger partial charge in [-0.3, -0.25) is 9.59 Å². The zero-order chi connectivity index (χ0) is 34.6. The highest BCUT2D eigenvalue weighted by atomic mass is 35.5. The number of rotatable bonds is 4. The highest BCUT2D eigenvalue weighted by Gasteiger charge is 2.47. The minimum atomic E-state index is -4.02. The summed E-state index contributed by atoms with van der Waals surface area (Å²) in [5.41, 5.74) is 1.73. The van der Waals surface area contributed by atoms with Crippen LogP contribution in [0.3, 0.4) is 0 Å². The number of aryl methyl sites for hydroxylation is 1. The molecule has 2 aliphatic heterocycles. The Morgan fingerprint density at radius 1 is 1.10 bits per heavy atom. The molecule has 9 nitrogen and oxygen atoms in total. The Kier molecular flexibility index (Phi) is 11.5. The molecule has 2 N–H and O–H groups in total. The maximum Gasteiger partial charge on any atom is 0.264 e. The number of sulfonamides is 1. The molecule has 5 rings (SSSR count). The smallest absolute Gasteiger partial charge is 0.264 e. The number of nitrogens with zero attached hydrogens (tertiary/aromatic N) is 2. The van der Waals surface area contributed by atoms with E-state index in [1.165, 1.54) is 0 Å². The van der Waals surface area contributed by atoms with Crippen LogP contribution in [0.15, 0.2) is 48.6 Å². The number of aliphatic hydroxyl groups is 1. The summed E-state index contributed by atoms with van der Waals surface area (Å²) >= 11 is 6.34. The summed E-state index contributed by atoms with van der Waals surface area (Å²) in [7, 11) is -4.02. The van der Waals surface area contributed by atoms with E-state index in [2.05, 4.69) is 9.62 Å². The van der Waals surface area contributed by atoms with Gasteiger partial charge in [0.25, 0.3) is 5.91 Å². The van der Waals surface area contributed by atoms with Crippen molar-refractivity contribution in [3.63, 3.8) is 0 Å². The van der Waals surface area contributed by atoms with Gasteiger partial charge in [-0.05, 0) is 119 Å². The van der Waals surface area contributed by atoms with E-state index in [0.717, 1.165) is 43.2 Å². The number of fused-ring (bicyclic) bond motifs is 3. The van der Waals surface area contributed by atoms with Crippen LogP contribution in [-0.2, 0) is 27.8 Å². The Labute approximate surface area is 290 Å². The quantitative estimate of drug-likeness (QED) is 0.370. The van der Waals surface area contributed by atoms with Gasteiger partial charge in [0.15, 0.2) is 0 Å². The SMILES string of the molecule is CCN(CC)C(=O)C[C@@]1(O)/C=C/C[C@H](C)[C@@H](C)S(=O)(=O)NC(=O)c2ccc3c(c2)N(CCCCc2cc(Cl)ccc2CO3)C[C@@H]2CC[C@H]21. The van der Waals surface area contributed by atoms with E-state index in [4.69, 9.17) is 16.3 Å². The monoisotopic (exact) mass is 699 g/mol. The first-order chi connectivity index (χ1) is 22.8. The van der Waals surface area contributed by atoms with E-state index in [1.54, 1.807) is 36.1 Å². The molecule has 2 amide bonds. The molecule has 1 aliphatic carbocycles. The maximum absolute atomic E-state index is 13.5. The molecule has 3 aliphatic rings. The lowest BCUT2D eigenvalue weighted by atomic mass is 9.63. The van der Waals surface area contributed by atoms with Crippen LogP contribution >= 0.6 is 11.6 Å². The van der Waals surface area contributed by atoms with Gasteiger partial charge in [0.2, 0.25) is 15.9 Å². The molecule has 1 saturated carbocycles. The Balaban J connectivity index is 1.57. The number of halogens is 1. The van der Waals surface area contributed by atoms with Crippen molar-refractivity contribution in [2.24, 2.45) is 17.8 Å². The van der Waals surface area contributed by atoms with Gasteiger partial charge < -0.3 is 19.6 Å². The Morgan fingerprint density at radius 3 is 2.58 bits per heavy atom. The third-order valence-electron chi connectivity index (χ3n) is 10.7. The highest BCUT2D eigenvalue weighted by Crippen LogP contribution is 2.46. The number of anilines is 1.